The first-order valence-electron chi connectivity index (χ1n) is 8.59. The van der Waals surface area contributed by atoms with Gasteiger partial charge < -0.3 is 14.7 Å². The van der Waals surface area contributed by atoms with E-state index in [1.807, 2.05) is 48.1 Å². The molecule has 0 atom stereocenters. The van der Waals surface area contributed by atoms with Crippen molar-refractivity contribution in [2.45, 2.75) is 25.0 Å². The second-order valence-corrected chi connectivity index (χ2v) is 6.88. The van der Waals surface area contributed by atoms with Gasteiger partial charge in [-0.25, -0.2) is 4.98 Å². The van der Waals surface area contributed by atoms with E-state index >= 15 is 0 Å². The number of fused-ring (bicyclic) bond motifs is 1. The van der Waals surface area contributed by atoms with Crippen molar-refractivity contribution in [3.05, 3.63) is 64.6 Å². The highest BCUT2D eigenvalue weighted by Crippen LogP contribution is 2.31. The number of nitrogens with zero attached hydrogens (tertiary/aromatic N) is 3. The number of H-pyrrole nitrogens is 1. The van der Waals surface area contributed by atoms with Crippen LogP contribution < -0.4 is 5.56 Å². The molecular weight excluding hydrogens is 316 g/mol. The molecule has 1 aliphatic heterocycles. The van der Waals surface area contributed by atoms with Crippen LogP contribution in [0.4, 0.5) is 0 Å². The summed E-state index contributed by atoms with van der Waals surface area (Å²) in [5.41, 5.74) is -0.00769. The maximum absolute atomic E-state index is 12.2. The average Bonchev–Trinajstić information content (AvgIpc) is 3.04. The van der Waals surface area contributed by atoms with Crippen molar-refractivity contribution in [1.82, 2.24) is 19.4 Å². The quantitative estimate of drug-likeness (QED) is 0.763. The summed E-state index contributed by atoms with van der Waals surface area (Å²) >= 11 is 0. The number of hydrogen-bond acceptors (Lipinski definition) is 4. The summed E-state index contributed by atoms with van der Waals surface area (Å²) < 4.78 is 1.89. The van der Waals surface area contributed by atoms with Crippen molar-refractivity contribution in [3.63, 3.8) is 0 Å². The van der Waals surface area contributed by atoms with Gasteiger partial charge in [-0.15, -0.1) is 0 Å². The van der Waals surface area contributed by atoms with Gasteiger partial charge in [0.1, 0.15) is 11.4 Å². The molecule has 3 heterocycles. The molecule has 130 valence electrons. The first-order valence-corrected chi connectivity index (χ1v) is 8.59. The molecule has 1 saturated heterocycles. The Bertz CT molecular complexity index is 951. The number of benzene rings is 1. The van der Waals surface area contributed by atoms with Crippen LogP contribution in [0.25, 0.3) is 10.8 Å². The molecule has 3 aromatic rings. The Morgan fingerprint density at radius 1 is 1.28 bits per heavy atom. The minimum absolute atomic E-state index is 0.0466. The third kappa shape index (κ3) is 2.99. The van der Waals surface area contributed by atoms with Crippen LogP contribution in [0.1, 0.15) is 24.4 Å². The maximum Gasteiger partial charge on any atom is 0.256 e. The fraction of sp³-hybridized carbons (Fsp3) is 0.368. The number of aromatic amines is 1. The standard InChI is InChI=1S/C19H22N4O2/c1-22-11-8-20-18(22)19(25)6-9-23(10-7-19)13-15-12-14-4-2-3-5-16(14)17(24)21-15/h2-5,8,11-12,25H,6-7,9-10,13H2,1H3,(H,21,24). The number of likely N-dealkylation sites (tertiary alicyclic amines) is 1. The van der Waals surface area contributed by atoms with Crippen LogP contribution in [0.5, 0.6) is 0 Å². The van der Waals surface area contributed by atoms with Crippen LogP contribution in [0.2, 0.25) is 0 Å². The Balaban J connectivity index is 1.49. The zero-order chi connectivity index (χ0) is 17.4. The highest BCUT2D eigenvalue weighted by Gasteiger charge is 2.37. The number of rotatable bonds is 3. The molecule has 0 saturated carbocycles. The summed E-state index contributed by atoms with van der Waals surface area (Å²) in [6.07, 6.45) is 4.85. The summed E-state index contributed by atoms with van der Waals surface area (Å²) in [5, 5.41) is 12.6. The predicted octanol–water partition coefficient (Wildman–Crippen LogP) is 1.75. The molecular formula is C19H22N4O2. The smallest absolute Gasteiger partial charge is 0.256 e. The monoisotopic (exact) mass is 338 g/mol. The van der Waals surface area contributed by atoms with Gasteiger partial charge in [-0.05, 0) is 30.4 Å². The van der Waals surface area contributed by atoms with E-state index in [9.17, 15) is 9.90 Å². The number of aromatic nitrogens is 3. The maximum atomic E-state index is 12.2. The summed E-state index contributed by atoms with van der Waals surface area (Å²) in [6, 6.07) is 9.66. The van der Waals surface area contributed by atoms with E-state index in [1.165, 1.54) is 0 Å². The van der Waals surface area contributed by atoms with Gasteiger partial charge in [-0.2, -0.15) is 0 Å². The van der Waals surface area contributed by atoms with Gasteiger partial charge in [0.2, 0.25) is 0 Å². The lowest BCUT2D eigenvalue weighted by molar-refractivity contribution is -0.0368. The first kappa shape index (κ1) is 16.1. The van der Waals surface area contributed by atoms with E-state index in [0.717, 1.165) is 30.0 Å². The Morgan fingerprint density at radius 3 is 2.76 bits per heavy atom. The lowest BCUT2D eigenvalue weighted by atomic mass is 9.90. The lowest BCUT2D eigenvalue weighted by Crippen LogP contribution is -2.43. The Morgan fingerprint density at radius 2 is 2.04 bits per heavy atom. The molecule has 2 N–H and O–H groups in total. The van der Waals surface area contributed by atoms with Gasteiger partial charge in [-0.3, -0.25) is 9.69 Å². The molecule has 0 bridgehead atoms. The van der Waals surface area contributed by atoms with Crippen molar-refractivity contribution < 1.29 is 5.11 Å². The van der Waals surface area contributed by atoms with Crippen molar-refractivity contribution in [2.24, 2.45) is 7.05 Å². The number of piperidine rings is 1. The molecule has 0 aliphatic carbocycles. The molecule has 0 spiro atoms. The third-order valence-corrected chi connectivity index (χ3v) is 5.12. The lowest BCUT2D eigenvalue weighted by Gasteiger charge is -2.37. The van der Waals surface area contributed by atoms with Gasteiger partial charge in [0.25, 0.3) is 5.56 Å². The summed E-state index contributed by atoms with van der Waals surface area (Å²) in [7, 11) is 1.91. The molecule has 1 aliphatic rings. The van der Waals surface area contributed by atoms with Crippen LogP contribution >= 0.6 is 0 Å². The minimum Gasteiger partial charge on any atom is -0.382 e. The summed E-state index contributed by atoms with van der Waals surface area (Å²) in [4.78, 5) is 21.8. The van der Waals surface area contributed by atoms with Crippen molar-refractivity contribution >= 4 is 10.8 Å². The molecule has 0 unspecified atom stereocenters. The molecule has 6 heteroatoms. The predicted molar refractivity (Wildman–Crippen MR) is 96.2 cm³/mol. The zero-order valence-corrected chi connectivity index (χ0v) is 14.3. The third-order valence-electron chi connectivity index (χ3n) is 5.12. The van der Waals surface area contributed by atoms with Gasteiger partial charge in [0, 0.05) is 50.2 Å². The molecule has 1 aromatic carbocycles. The highest BCUT2D eigenvalue weighted by atomic mass is 16.3. The van der Waals surface area contributed by atoms with Gasteiger partial charge >= 0.3 is 0 Å². The zero-order valence-electron chi connectivity index (χ0n) is 14.3. The second-order valence-electron chi connectivity index (χ2n) is 6.88. The second kappa shape index (κ2) is 6.13. The first-order chi connectivity index (χ1) is 12.0. The fourth-order valence-electron chi connectivity index (χ4n) is 3.71. The van der Waals surface area contributed by atoms with Crippen LogP contribution in [0, 0.1) is 0 Å². The van der Waals surface area contributed by atoms with E-state index in [4.69, 9.17) is 0 Å². The molecule has 2 aromatic heterocycles. The van der Waals surface area contributed by atoms with Crippen LogP contribution in [0.3, 0.4) is 0 Å². The highest BCUT2D eigenvalue weighted by molar-refractivity contribution is 5.81. The van der Waals surface area contributed by atoms with Crippen LogP contribution in [-0.4, -0.2) is 37.6 Å². The summed E-state index contributed by atoms with van der Waals surface area (Å²) in [5.74, 6) is 0.728. The Kier molecular flexibility index (Phi) is 3.94. The molecule has 25 heavy (non-hydrogen) atoms. The Labute approximate surface area is 145 Å². The average molecular weight is 338 g/mol. The van der Waals surface area contributed by atoms with Gasteiger partial charge in [-0.1, -0.05) is 18.2 Å². The van der Waals surface area contributed by atoms with E-state index in [1.54, 1.807) is 6.20 Å². The molecule has 1 fully saturated rings. The van der Waals surface area contributed by atoms with E-state index in [0.29, 0.717) is 24.8 Å². The van der Waals surface area contributed by atoms with E-state index < -0.39 is 5.60 Å². The van der Waals surface area contributed by atoms with Crippen molar-refractivity contribution in [3.8, 4) is 0 Å². The SMILES string of the molecule is Cn1ccnc1C1(O)CCN(Cc2cc3ccccc3c(=O)[nH]2)CC1. The van der Waals surface area contributed by atoms with Gasteiger partial charge in [0.15, 0.2) is 0 Å². The largest absolute Gasteiger partial charge is 0.382 e. The van der Waals surface area contributed by atoms with Crippen LogP contribution in [-0.2, 0) is 19.2 Å². The number of aryl methyl sites for hydroxylation is 1. The normalized spacial score (nSPS) is 17.8. The number of pyridine rings is 1. The van der Waals surface area contributed by atoms with Crippen LogP contribution in [0.15, 0.2) is 47.5 Å². The summed E-state index contributed by atoms with van der Waals surface area (Å²) in [6.45, 7) is 2.20. The number of imidazole rings is 1. The van der Waals surface area contributed by atoms with Crippen molar-refractivity contribution in [1.29, 1.82) is 0 Å². The van der Waals surface area contributed by atoms with E-state index in [-0.39, 0.29) is 5.56 Å². The van der Waals surface area contributed by atoms with E-state index in [2.05, 4.69) is 14.9 Å². The molecule has 6 nitrogen and oxygen atoms in total. The number of hydrogen-bond donors (Lipinski definition) is 2. The molecule has 0 radical (unpaired) electrons. The molecule has 0 amide bonds. The number of aliphatic hydroxyl groups is 1. The van der Waals surface area contributed by atoms with Gasteiger partial charge in [0.05, 0.1) is 0 Å². The Hall–Kier alpha value is -2.44. The fourth-order valence-corrected chi connectivity index (χ4v) is 3.71. The topological polar surface area (TPSA) is 74.2 Å². The molecule has 4 rings (SSSR count). The van der Waals surface area contributed by atoms with Crippen molar-refractivity contribution in [2.75, 3.05) is 13.1 Å². The number of nitrogens with one attached hydrogen (secondary N) is 1. The minimum atomic E-state index is -0.870.